The van der Waals surface area contributed by atoms with Gasteiger partial charge in [-0.25, -0.2) is 0 Å². The van der Waals surface area contributed by atoms with E-state index in [0.29, 0.717) is 23.4 Å². The Morgan fingerprint density at radius 1 is 1.32 bits per heavy atom. The maximum atomic E-state index is 12.1. The Bertz CT molecular complexity index is 440. The number of Topliss-reactive ketones (excluding diaryl/α,β-unsaturated/α-hetero) is 1. The number of ether oxygens (including phenoxy) is 1. The van der Waals surface area contributed by atoms with Crippen LogP contribution >= 0.6 is 0 Å². The molecule has 0 saturated carbocycles. The Kier molecular flexibility index (Phi) is 4.80. The lowest BCUT2D eigenvalue weighted by Gasteiger charge is -2.25. The number of anilines is 1. The summed E-state index contributed by atoms with van der Waals surface area (Å²) in [6.45, 7) is 3.10. The van der Waals surface area contributed by atoms with Crippen LogP contribution < -0.4 is 10.5 Å². The number of hydrogen-bond acceptors (Lipinski definition) is 4. The third-order valence-corrected chi connectivity index (χ3v) is 3.66. The second-order valence-corrected chi connectivity index (χ2v) is 5.03. The molecule has 0 bridgehead atoms. The van der Waals surface area contributed by atoms with Crippen LogP contribution in [-0.2, 0) is 0 Å². The van der Waals surface area contributed by atoms with Crippen molar-refractivity contribution in [3.05, 3.63) is 23.8 Å². The number of nitrogen functional groups attached to an aromatic ring is 1. The van der Waals surface area contributed by atoms with Crippen LogP contribution in [0.25, 0.3) is 0 Å². The van der Waals surface area contributed by atoms with Crippen molar-refractivity contribution in [1.29, 1.82) is 0 Å². The van der Waals surface area contributed by atoms with Gasteiger partial charge in [0.15, 0.2) is 5.78 Å². The average Bonchev–Trinajstić information content (AvgIpc) is 2.45. The smallest absolute Gasteiger partial charge is 0.164 e. The van der Waals surface area contributed by atoms with Crippen LogP contribution in [0.4, 0.5) is 5.69 Å². The zero-order valence-electron chi connectivity index (χ0n) is 11.5. The molecule has 1 fully saturated rings. The Morgan fingerprint density at radius 2 is 2.05 bits per heavy atom. The van der Waals surface area contributed by atoms with Crippen LogP contribution in [-0.4, -0.2) is 37.4 Å². The van der Waals surface area contributed by atoms with Crippen LogP contribution in [0, 0.1) is 0 Å². The van der Waals surface area contributed by atoms with E-state index in [0.717, 1.165) is 19.6 Å². The maximum absolute atomic E-state index is 12.1. The van der Waals surface area contributed by atoms with Gasteiger partial charge in [-0.3, -0.25) is 4.79 Å². The summed E-state index contributed by atoms with van der Waals surface area (Å²) in [5, 5.41) is 0. The van der Waals surface area contributed by atoms with Crippen LogP contribution in [0.2, 0.25) is 0 Å². The monoisotopic (exact) mass is 262 g/mol. The van der Waals surface area contributed by atoms with E-state index in [-0.39, 0.29) is 5.78 Å². The van der Waals surface area contributed by atoms with Gasteiger partial charge >= 0.3 is 0 Å². The van der Waals surface area contributed by atoms with Crippen molar-refractivity contribution in [3.8, 4) is 5.75 Å². The molecule has 0 aromatic heterocycles. The number of carbonyl (C=O) groups is 1. The fourth-order valence-corrected chi connectivity index (χ4v) is 2.49. The van der Waals surface area contributed by atoms with Crippen LogP contribution in [0.5, 0.6) is 5.75 Å². The summed E-state index contributed by atoms with van der Waals surface area (Å²) in [6.07, 6.45) is 4.39. The van der Waals surface area contributed by atoms with Crippen molar-refractivity contribution < 1.29 is 9.53 Å². The number of carbonyl (C=O) groups excluding carboxylic acids is 1. The van der Waals surface area contributed by atoms with E-state index in [1.54, 1.807) is 25.3 Å². The second-order valence-electron chi connectivity index (χ2n) is 5.03. The molecule has 0 aliphatic carbocycles. The van der Waals surface area contributed by atoms with Gasteiger partial charge in [0.05, 0.1) is 12.8 Å². The lowest BCUT2D eigenvalue weighted by molar-refractivity contribution is 0.0958. The van der Waals surface area contributed by atoms with Gasteiger partial charge in [0.2, 0.25) is 0 Å². The van der Waals surface area contributed by atoms with E-state index in [2.05, 4.69) is 4.90 Å². The van der Waals surface area contributed by atoms with E-state index in [1.165, 1.54) is 19.3 Å². The van der Waals surface area contributed by atoms with Crippen molar-refractivity contribution in [3.63, 3.8) is 0 Å². The van der Waals surface area contributed by atoms with Crippen molar-refractivity contribution in [1.82, 2.24) is 4.90 Å². The molecular formula is C15H22N2O2. The minimum Gasteiger partial charge on any atom is -0.495 e. The summed E-state index contributed by atoms with van der Waals surface area (Å²) in [6, 6.07) is 5.24. The molecular weight excluding hydrogens is 240 g/mol. The number of piperidine rings is 1. The molecule has 2 N–H and O–H groups in total. The molecule has 0 unspecified atom stereocenters. The molecule has 4 heteroatoms. The zero-order valence-corrected chi connectivity index (χ0v) is 11.5. The highest BCUT2D eigenvalue weighted by atomic mass is 16.5. The highest BCUT2D eigenvalue weighted by Crippen LogP contribution is 2.22. The van der Waals surface area contributed by atoms with E-state index in [4.69, 9.17) is 10.5 Å². The molecule has 1 aliphatic heterocycles. The lowest BCUT2D eigenvalue weighted by atomic mass is 10.1. The second kappa shape index (κ2) is 6.57. The van der Waals surface area contributed by atoms with Gasteiger partial charge in [-0.05, 0) is 44.1 Å². The standard InChI is InChI=1S/C15H22N2O2/c1-19-15-6-5-12(11-13(15)16)14(18)7-10-17-8-3-2-4-9-17/h5-6,11H,2-4,7-10,16H2,1H3. The average molecular weight is 262 g/mol. The number of nitrogens with two attached hydrogens (primary N) is 1. The van der Waals surface area contributed by atoms with Crippen LogP contribution in [0.1, 0.15) is 36.0 Å². The first-order valence-corrected chi connectivity index (χ1v) is 6.90. The van der Waals surface area contributed by atoms with E-state index in [9.17, 15) is 4.79 Å². The fraction of sp³-hybridized carbons (Fsp3) is 0.533. The van der Waals surface area contributed by atoms with E-state index in [1.807, 2.05) is 0 Å². The number of rotatable bonds is 5. The maximum Gasteiger partial charge on any atom is 0.164 e. The van der Waals surface area contributed by atoms with Crippen LogP contribution in [0.15, 0.2) is 18.2 Å². The predicted octanol–water partition coefficient (Wildman–Crippen LogP) is 2.34. The Hall–Kier alpha value is -1.55. The first-order valence-electron chi connectivity index (χ1n) is 6.90. The van der Waals surface area contributed by atoms with E-state index < -0.39 is 0 Å². The minimum atomic E-state index is 0.153. The molecule has 1 saturated heterocycles. The number of nitrogens with zero attached hydrogens (tertiary/aromatic N) is 1. The predicted molar refractivity (Wildman–Crippen MR) is 76.6 cm³/mol. The topological polar surface area (TPSA) is 55.6 Å². The van der Waals surface area contributed by atoms with Gasteiger partial charge in [0.25, 0.3) is 0 Å². The quantitative estimate of drug-likeness (QED) is 0.653. The number of hydrogen-bond donors (Lipinski definition) is 1. The normalized spacial score (nSPS) is 16.3. The summed E-state index contributed by atoms with van der Waals surface area (Å²) in [4.78, 5) is 14.5. The molecule has 1 aromatic carbocycles. The number of methoxy groups -OCH3 is 1. The molecule has 0 atom stereocenters. The number of likely N-dealkylation sites (tertiary alicyclic amines) is 1. The first-order chi connectivity index (χ1) is 9.20. The van der Waals surface area contributed by atoms with Crippen molar-refractivity contribution in [2.75, 3.05) is 32.5 Å². The summed E-state index contributed by atoms with van der Waals surface area (Å²) < 4.78 is 5.09. The van der Waals surface area contributed by atoms with Gasteiger partial charge < -0.3 is 15.4 Å². The molecule has 2 rings (SSSR count). The first kappa shape index (κ1) is 13.9. The van der Waals surface area contributed by atoms with Gasteiger partial charge in [0.1, 0.15) is 5.75 Å². The molecule has 0 radical (unpaired) electrons. The summed E-state index contributed by atoms with van der Waals surface area (Å²) >= 11 is 0. The van der Waals surface area contributed by atoms with Crippen molar-refractivity contribution >= 4 is 11.5 Å². The Morgan fingerprint density at radius 3 is 2.68 bits per heavy atom. The largest absolute Gasteiger partial charge is 0.495 e. The molecule has 1 aliphatic rings. The molecule has 0 amide bonds. The van der Waals surface area contributed by atoms with E-state index >= 15 is 0 Å². The Balaban J connectivity index is 1.90. The SMILES string of the molecule is COc1ccc(C(=O)CCN2CCCCC2)cc1N. The summed E-state index contributed by atoms with van der Waals surface area (Å²) in [5.41, 5.74) is 7.02. The minimum absolute atomic E-state index is 0.153. The lowest BCUT2D eigenvalue weighted by Crippen LogP contribution is -2.31. The third kappa shape index (κ3) is 3.70. The molecule has 104 valence electrons. The molecule has 4 nitrogen and oxygen atoms in total. The van der Waals surface area contributed by atoms with Gasteiger partial charge in [-0.15, -0.1) is 0 Å². The Labute approximate surface area is 114 Å². The molecule has 1 heterocycles. The van der Waals surface area contributed by atoms with Crippen LogP contribution in [0.3, 0.4) is 0 Å². The van der Waals surface area contributed by atoms with Crippen molar-refractivity contribution in [2.24, 2.45) is 0 Å². The molecule has 1 aromatic rings. The molecule has 0 spiro atoms. The fourth-order valence-electron chi connectivity index (χ4n) is 2.49. The third-order valence-electron chi connectivity index (χ3n) is 3.66. The number of benzene rings is 1. The summed E-state index contributed by atoms with van der Waals surface area (Å²) in [7, 11) is 1.57. The molecule has 19 heavy (non-hydrogen) atoms. The summed E-state index contributed by atoms with van der Waals surface area (Å²) in [5.74, 6) is 0.771. The number of ketones is 1. The van der Waals surface area contributed by atoms with Gasteiger partial charge in [-0.2, -0.15) is 0 Å². The zero-order chi connectivity index (χ0) is 13.7. The highest BCUT2D eigenvalue weighted by molar-refractivity contribution is 5.97. The highest BCUT2D eigenvalue weighted by Gasteiger charge is 2.13. The van der Waals surface area contributed by atoms with Crippen molar-refractivity contribution in [2.45, 2.75) is 25.7 Å². The van der Waals surface area contributed by atoms with Gasteiger partial charge in [0, 0.05) is 18.5 Å². The van der Waals surface area contributed by atoms with Gasteiger partial charge in [-0.1, -0.05) is 6.42 Å².